The van der Waals surface area contributed by atoms with Gasteiger partial charge in [0.15, 0.2) is 9.84 Å². The van der Waals surface area contributed by atoms with Crippen molar-refractivity contribution in [3.05, 3.63) is 34.4 Å². The summed E-state index contributed by atoms with van der Waals surface area (Å²) >= 11 is 0. The van der Waals surface area contributed by atoms with E-state index >= 15 is 0 Å². The van der Waals surface area contributed by atoms with Crippen LogP contribution in [0.2, 0.25) is 0 Å². The van der Waals surface area contributed by atoms with E-state index in [1.165, 1.54) is 6.66 Å². The van der Waals surface area contributed by atoms with Gasteiger partial charge in [-0.3, -0.25) is 14.7 Å². The Hall–Kier alpha value is -1.24. The van der Waals surface area contributed by atoms with Gasteiger partial charge in [-0.25, -0.2) is 8.42 Å². The minimum absolute atomic E-state index is 0.111. The van der Waals surface area contributed by atoms with Crippen LogP contribution in [-0.2, 0) is 18.9 Å². The lowest BCUT2D eigenvalue weighted by atomic mass is 10.3. The second-order valence-electron chi connectivity index (χ2n) is 3.93. The standard InChI is InChI=1S/C10H14NO6PS/c1-3-17-18(2,14)8-19(15,16)10-6-4-9(5-7-10)11(12)13/h4-7H,3,8H2,1-2H3. The smallest absolute Gasteiger partial charge is 0.269 e. The van der Waals surface area contributed by atoms with Crippen molar-refractivity contribution in [3.8, 4) is 0 Å². The molecule has 0 aliphatic carbocycles. The number of nitro groups is 1. The van der Waals surface area contributed by atoms with Gasteiger partial charge in [-0.15, -0.1) is 0 Å². The van der Waals surface area contributed by atoms with E-state index in [9.17, 15) is 23.1 Å². The van der Waals surface area contributed by atoms with Gasteiger partial charge in [-0.05, 0) is 19.1 Å². The number of rotatable bonds is 6. The third-order valence-electron chi connectivity index (χ3n) is 2.21. The summed E-state index contributed by atoms with van der Waals surface area (Å²) in [5.41, 5.74) is -0.825. The Kier molecular flexibility index (Phi) is 4.84. The summed E-state index contributed by atoms with van der Waals surface area (Å²) < 4.78 is 40.7. The summed E-state index contributed by atoms with van der Waals surface area (Å²) in [4.78, 5) is 9.73. The molecule has 0 N–H and O–H groups in total. The van der Waals surface area contributed by atoms with Gasteiger partial charge >= 0.3 is 0 Å². The highest BCUT2D eigenvalue weighted by atomic mass is 32.2. The van der Waals surface area contributed by atoms with Crippen molar-refractivity contribution in [1.82, 2.24) is 0 Å². The zero-order valence-electron chi connectivity index (χ0n) is 10.5. The van der Waals surface area contributed by atoms with Crippen LogP contribution in [0.4, 0.5) is 5.69 Å². The third kappa shape index (κ3) is 4.41. The Morgan fingerprint density at radius 3 is 2.26 bits per heavy atom. The van der Waals surface area contributed by atoms with Gasteiger partial charge in [0.2, 0.25) is 7.37 Å². The maximum absolute atomic E-state index is 12.0. The average molecular weight is 307 g/mol. The maximum Gasteiger partial charge on any atom is 0.269 e. The van der Waals surface area contributed by atoms with Gasteiger partial charge in [0.25, 0.3) is 5.69 Å². The van der Waals surface area contributed by atoms with Crippen LogP contribution in [0.5, 0.6) is 0 Å². The number of sulfone groups is 1. The Morgan fingerprint density at radius 1 is 1.32 bits per heavy atom. The Bertz CT molecular complexity index is 609. The molecule has 1 rings (SSSR count). The zero-order chi connectivity index (χ0) is 14.7. The van der Waals surface area contributed by atoms with E-state index in [2.05, 4.69) is 0 Å². The van der Waals surface area contributed by atoms with Crippen molar-refractivity contribution in [2.24, 2.45) is 0 Å². The predicted molar refractivity (Wildman–Crippen MR) is 70.3 cm³/mol. The number of hydrogen-bond acceptors (Lipinski definition) is 6. The highest BCUT2D eigenvalue weighted by Crippen LogP contribution is 2.44. The molecular formula is C10H14NO6PS. The molecule has 0 heterocycles. The summed E-state index contributed by atoms with van der Waals surface area (Å²) in [5, 5.41) is 10.5. The molecule has 1 unspecified atom stereocenters. The number of benzene rings is 1. The van der Waals surface area contributed by atoms with E-state index in [1.54, 1.807) is 6.92 Å². The molecule has 0 saturated heterocycles. The van der Waals surface area contributed by atoms with Crippen molar-refractivity contribution in [3.63, 3.8) is 0 Å². The first kappa shape index (κ1) is 15.8. The van der Waals surface area contributed by atoms with Gasteiger partial charge < -0.3 is 4.52 Å². The normalized spacial score (nSPS) is 14.8. The topological polar surface area (TPSA) is 104 Å². The van der Waals surface area contributed by atoms with Crippen LogP contribution < -0.4 is 0 Å². The van der Waals surface area contributed by atoms with E-state index in [0.29, 0.717) is 0 Å². The van der Waals surface area contributed by atoms with Gasteiger partial charge in [0.05, 0.1) is 16.4 Å². The van der Waals surface area contributed by atoms with Crippen LogP contribution in [-0.4, -0.2) is 32.1 Å². The molecule has 0 fully saturated rings. The van der Waals surface area contributed by atoms with Gasteiger partial charge in [0, 0.05) is 18.8 Å². The predicted octanol–water partition coefficient (Wildman–Crippen LogP) is 2.27. The summed E-state index contributed by atoms with van der Waals surface area (Å²) in [6.07, 6.45) is 0. The minimum atomic E-state index is -3.79. The number of nitrogens with zero attached hydrogens (tertiary/aromatic N) is 1. The second kappa shape index (κ2) is 5.81. The quantitative estimate of drug-likeness (QED) is 0.453. The second-order valence-corrected chi connectivity index (χ2v) is 8.95. The van der Waals surface area contributed by atoms with Crippen LogP contribution in [0.25, 0.3) is 0 Å². The van der Waals surface area contributed by atoms with E-state index in [-0.39, 0.29) is 17.2 Å². The molecular weight excluding hydrogens is 293 g/mol. The molecule has 106 valence electrons. The fourth-order valence-electron chi connectivity index (χ4n) is 1.47. The molecule has 0 aromatic heterocycles. The van der Waals surface area contributed by atoms with Gasteiger partial charge in [-0.2, -0.15) is 0 Å². The van der Waals surface area contributed by atoms with Crippen molar-refractivity contribution in [1.29, 1.82) is 0 Å². The van der Waals surface area contributed by atoms with Crippen molar-refractivity contribution >= 4 is 22.9 Å². The van der Waals surface area contributed by atoms with Gasteiger partial charge in [-0.1, -0.05) is 0 Å². The Labute approximate surface area is 111 Å². The molecule has 0 bridgehead atoms. The summed E-state index contributed by atoms with van der Waals surface area (Å²) in [7, 11) is -7.03. The summed E-state index contributed by atoms with van der Waals surface area (Å²) in [6, 6.07) is 4.43. The molecule has 0 amide bonds. The number of non-ortho nitro benzene ring substituents is 1. The SMILES string of the molecule is CCOP(C)(=O)CS(=O)(=O)c1ccc([N+](=O)[O-])cc1. The zero-order valence-corrected chi connectivity index (χ0v) is 12.2. The highest BCUT2D eigenvalue weighted by molar-refractivity contribution is 7.98. The van der Waals surface area contributed by atoms with E-state index in [0.717, 1.165) is 24.3 Å². The van der Waals surface area contributed by atoms with Crippen molar-refractivity contribution in [2.45, 2.75) is 11.8 Å². The lowest BCUT2D eigenvalue weighted by Crippen LogP contribution is -2.08. The van der Waals surface area contributed by atoms with Crippen LogP contribution >= 0.6 is 7.37 Å². The first-order chi connectivity index (χ1) is 8.68. The van der Waals surface area contributed by atoms with E-state index in [1.807, 2.05) is 0 Å². The molecule has 7 nitrogen and oxygen atoms in total. The van der Waals surface area contributed by atoms with Crippen LogP contribution in [0.3, 0.4) is 0 Å². The van der Waals surface area contributed by atoms with Crippen molar-refractivity contribution < 1.29 is 22.4 Å². The molecule has 9 heteroatoms. The number of hydrogen-bond donors (Lipinski definition) is 0. The highest BCUT2D eigenvalue weighted by Gasteiger charge is 2.27. The molecule has 0 radical (unpaired) electrons. The fourth-order valence-corrected chi connectivity index (χ4v) is 5.93. The first-order valence-corrected chi connectivity index (χ1v) is 9.27. The molecule has 0 aliphatic rings. The molecule has 0 saturated carbocycles. The van der Waals surface area contributed by atoms with Crippen molar-refractivity contribution in [2.75, 3.05) is 18.8 Å². The largest absolute Gasteiger partial charge is 0.328 e. The molecule has 1 aromatic carbocycles. The van der Waals surface area contributed by atoms with Gasteiger partial charge in [0.1, 0.15) is 5.49 Å². The lowest BCUT2D eigenvalue weighted by molar-refractivity contribution is -0.384. The van der Waals surface area contributed by atoms with E-state index in [4.69, 9.17) is 4.52 Å². The lowest BCUT2D eigenvalue weighted by Gasteiger charge is -2.12. The number of nitro benzene ring substituents is 1. The minimum Gasteiger partial charge on any atom is -0.328 e. The maximum atomic E-state index is 12.0. The Balaban J connectivity index is 3.01. The van der Waals surface area contributed by atoms with E-state index < -0.39 is 27.6 Å². The molecule has 19 heavy (non-hydrogen) atoms. The summed E-state index contributed by atoms with van der Waals surface area (Å²) in [5.74, 6) is 0. The Morgan fingerprint density at radius 2 is 1.84 bits per heavy atom. The van der Waals surface area contributed by atoms with Crippen LogP contribution in [0, 0.1) is 10.1 Å². The van der Waals surface area contributed by atoms with Crippen LogP contribution in [0.15, 0.2) is 29.2 Å². The molecule has 0 aliphatic heterocycles. The summed E-state index contributed by atoms with van der Waals surface area (Å²) in [6.45, 7) is 3.03. The average Bonchev–Trinajstić information content (AvgIpc) is 2.27. The fraction of sp³-hybridized carbons (Fsp3) is 0.400. The first-order valence-electron chi connectivity index (χ1n) is 5.36. The third-order valence-corrected chi connectivity index (χ3v) is 7.24. The monoisotopic (exact) mass is 307 g/mol. The van der Waals surface area contributed by atoms with Crippen LogP contribution in [0.1, 0.15) is 6.92 Å². The molecule has 0 spiro atoms. The molecule has 1 aromatic rings. The molecule has 1 atom stereocenters.